The van der Waals surface area contributed by atoms with E-state index in [1.807, 2.05) is 84.9 Å². The lowest BCUT2D eigenvalue weighted by molar-refractivity contribution is -0.142. The highest BCUT2D eigenvalue weighted by Gasteiger charge is 2.39. The lowest BCUT2D eigenvalue weighted by Crippen LogP contribution is -2.28. The molecule has 246 valence electrons. The standard InChI is InChI=1S/C38H40O9/c1-24(40)45-23-30-29(20-39)16-27-17-33(43-4)37(47-22-26-14-10-7-11-15-26)38(44-5)35(27)34(30)28-18-31(41-2)36(32(19-28)42-3)46-21-25-12-8-6-9-13-25/h6-19,30,34,39H,20-23H2,1-5H3/t30-,34+/m1/s1. The van der Waals surface area contributed by atoms with Crippen molar-refractivity contribution in [3.8, 4) is 34.5 Å². The Morgan fingerprint density at radius 3 is 1.72 bits per heavy atom. The average molecular weight is 641 g/mol. The zero-order chi connectivity index (χ0) is 33.3. The minimum Gasteiger partial charge on any atom is -0.493 e. The summed E-state index contributed by atoms with van der Waals surface area (Å²) in [6.45, 7) is 1.70. The molecule has 1 aliphatic rings. The normalized spacial score (nSPS) is 15.1. The van der Waals surface area contributed by atoms with Crippen LogP contribution in [0, 0.1) is 5.92 Å². The Balaban J connectivity index is 1.68. The van der Waals surface area contributed by atoms with Gasteiger partial charge in [0.2, 0.25) is 11.5 Å². The van der Waals surface area contributed by atoms with Gasteiger partial charge in [0.05, 0.1) is 41.7 Å². The molecule has 0 aliphatic heterocycles. The van der Waals surface area contributed by atoms with Crippen LogP contribution in [0.1, 0.15) is 40.7 Å². The van der Waals surface area contributed by atoms with Crippen molar-refractivity contribution in [1.82, 2.24) is 0 Å². The maximum absolute atomic E-state index is 12.1. The highest BCUT2D eigenvalue weighted by atomic mass is 16.5. The van der Waals surface area contributed by atoms with Crippen molar-refractivity contribution < 1.29 is 43.1 Å². The number of benzene rings is 4. The lowest BCUT2D eigenvalue weighted by atomic mass is 9.71. The van der Waals surface area contributed by atoms with Crippen LogP contribution >= 0.6 is 0 Å². The molecular formula is C38H40O9. The van der Waals surface area contributed by atoms with Gasteiger partial charge < -0.3 is 38.3 Å². The van der Waals surface area contributed by atoms with Crippen molar-refractivity contribution in [3.05, 3.63) is 112 Å². The number of methoxy groups -OCH3 is 4. The summed E-state index contributed by atoms with van der Waals surface area (Å²) in [7, 11) is 6.29. The molecule has 5 rings (SSSR count). The Bertz CT molecular complexity index is 1670. The first kappa shape index (κ1) is 33.2. The average Bonchev–Trinajstić information content (AvgIpc) is 3.11. The molecule has 0 amide bonds. The first-order chi connectivity index (χ1) is 22.9. The molecule has 2 atom stereocenters. The summed E-state index contributed by atoms with van der Waals surface area (Å²) in [5.41, 5.74) is 4.94. The summed E-state index contributed by atoms with van der Waals surface area (Å²) in [5, 5.41) is 10.6. The highest BCUT2D eigenvalue weighted by Crippen LogP contribution is 2.54. The number of aliphatic hydroxyl groups excluding tert-OH is 1. The number of esters is 1. The minimum atomic E-state index is -0.498. The Labute approximate surface area is 275 Å². The Morgan fingerprint density at radius 1 is 0.702 bits per heavy atom. The van der Waals surface area contributed by atoms with E-state index in [9.17, 15) is 9.90 Å². The number of hydrogen-bond donors (Lipinski definition) is 1. The van der Waals surface area contributed by atoms with Gasteiger partial charge >= 0.3 is 5.97 Å². The molecule has 0 heterocycles. The molecule has 0 spiro atoms. The van der Waals surface area contributed by atoms with Crippen LogP contribution in [0.4, 0.5) is 0 Å². The van der Waals surface area contributed by atoms with Crippen LogP contribution in [0.15, 0.2) is 84.4 Å². The maximum Gasteiger partial charge on any atom is 0.302 e. The van der Waals surface area contributed by atoms with Gasteiger partial charge in [0.1, 0.15) is 13.2 Å². The molecular weight excluding hydrogens is 600 g/mol. The first-order valence-electron chi connectivity index (χ1n) is 15.2. The van der Waals surface area contributed by atoms with E-state index in [4.69, 9.17) is 33.2 Å². The quantitative estimate of drug-likeness (QED) is 0.153. The third-order valence-electron chi connectivity index (χ3n) is 8.17. The fourth-order valence-corrected chi connectivity index (χ4v) is 5.96. The summed E-state index contributed by atoms with van der Waals surface area (Å²) in [5.74, 6) is 1.32. The molecule has 4 aromatic rings. The zero-order valence-electron chi connectivity index (χ0n) is 27.3. The number of carbonyl (C=O) groups excluding carboxylic acids is 1. The maximum atomic E-state index is 12.1. The van der Waals surface area contributed by atoms with E-state index in [0.717, 1.165) is 27.8 Å². The smallest absolute Gasteiger partial charge is 0.302 e. The summed E-state index contributed by atoms with van der Waals surface area (Å²) in [6.07, 6.45) is 1.89. The molecule has 0 saturated carbocycles. The van der Waals surface area contributed by atoms with Crippen LogP contribution in [-0.2, 0) is 22.7 Å². The number of ether oxygens (including phenoxy) is 7. The van der Waals surface area contributed by atoms with Gasteiger partial charge in [-0.15, -0.1) is 0 Å². The summed E-state index contributed by atoms with van der Waals surface area (Å²) in [4.78, 5) is 12.1. The number of carbonyl (C=O) groups is 1. The van der Waals surface area contributed by atoms with Crippen molar-refractivity contribution in [2.24, 2.45) is 5.92 Å². The molecule has 0 unspecified atom stereocenters. The third kappa shape index (κ3) is 7.31. The Kier molecular flexibility index (Phi) is 10.9. The predicted molar refractivity (Wildman–Crippen MR) is 178 cm³/mol. The van der Waals surface area contributed by atoms with Gasteiger partial charge in [-0.2, -0.15) is 0 Å². The van der Waals surface area contributed by atoms with Crippen LogP contribution in [0.2, 0.25) is 0 Å². The highest BCUT2D eigenvalue weighted by molar-refractivity contribution is 5.74. The molecule has 1 N–H and O–H groups in total. The largest absolute Gasteiger partial charge is 0.493 e. The molecule has 0 fully saturated rings. The summed E-state index contributed by atoms with van der Waals surface area (Å²) in [6, 6.07) is 25.2. The Morgan fingerprint density at radius 2 is 1.23 bits per heavy atom. The van der Waals surface area contributed by atoms with Crippen molar-refractivity contribution >= 4 is 12.0 Å². The molecule has 4 aromatic carbocycles. The first-order valence-corrected chi connectivity index (χ1v) is 15.2. The van der Waals surface area contributed by atoms with Gasteiger partial charge in [-0.3, -0.25) is 4.79 Å². The van der Waals surface area contributed by atoms with Crippen molar-refractivity contribution in [2.45, 2.75) is 26.1 Å². The fourth-order valence-electron chi connectivity index (χ4n) is 5.96. The van der Waals surface area contributed by atoms with E-state index in [2.05, 4.69) is 0 Å². The second-order valence-corrected chi connectivity index (χ2v) is 11.0. The second kappa shape index (κ2) is 15.4. The van der Waals surface area contributed by atoms with E-state index in [1.165, 1.54) is 6.92 Å². The number of rotatable bonds is 14. The number of hydrogen-bond acceptors (Lipinski definition) is 9. The molecule has 0 radical (unpaired) electrons. The van der Waals surface area contributed by atoms with Crippen LogP contribution < -0.4 is 28.4 Å². The van der Waals surface area contributed by atoms with Crippen molar-refractivity contribution in [3.63, 3.8) is 0 Å². The number of fused-ring (bicyclic) bond motifs is 1. The SMILES string of the molecule is COc1cc([C@@H]2c3c(cc(OC)c(OCc4ccccc4)c3OC)C=C(CO)[C@H]2COC(C)=O)cc(OC)c1OCc1ccccc1. The summed E-state index contributed by atoms with van der Waals surface area (Å²) >= 11 is 0. The van der Waals surface area contributed by atoms with E-state index in [0.29, 0.717) is 46.7 Å². The number of aliphatic hydroxyl groups is 1. The van der Waals surface area contributed by atoms with Crippen LogP contribution in [0.3, 0.4) is 0 Å². The van der Waals surface area contributed by atoms with Crippen LogP contribution in [0.5, 0.6) is 34.5 Å². The van der Waals surface area contributed by atoms with E-state index < -0.39 is 17.8 Å². The monoisotopic (exact) mass is 640 g/mol. The predicted octanol–water partition coefficient (Wildman–Crippen LogP) is 6.58. The van der Waals surface area contributed by atoms with E-state index in [-0.39, 0.29) is 19.8 Å². The van der Waals surface area contributed by atoms with E-state index in [1.54, 1.807) is 28.4 Å². The zero-order valence-corrected chi connectivity index (χ0v) is 27.3. The lowest BCUT2D eigenvalue weighted by Gasteiger charge is -2.36. The van der Waals surface area contributed by atoms with Crippen molar-refractivity contribution in [2.75, 3.05) is 41.7 Å². The van der Waals surface area contributed by atoms with E-state index >= 15 is 0 Å². The molecule has 1 aliphatic carbocycles. The van der Waals surface area contributed by atoms with Gasteiger partial charge in [-0.25, -0.2) is 0 Å². The molecule has 0 bridgehead atoms. The fraction of sp³-hybridized carbons (Fsp3) is 0.289. The van der Waals surface area contributed by atoms with Gasteiger partial charge in [-0.1, -0.05) is 66.7 Å². The third-order valence-corrected chi connectivity index (χ3v) is 8.17. The van der Waals surface area contributed by atoms with Crippen LogP contribution in [0.25, 0.3) is 6.08 Å². The summed E-state index contributed by atoms with van der Waals surface area (Å²) < 4.78 is 41.8. The van der Waals surface area contributed by atoms with Gasteiger partial charge in [0, 0.05) is 24.3 Å². The van der Waals surface area contributed by atoms with Gasteiger partial charge in [0.15, 0.2) is 23.0 Å². The molecule has 47 heavy (non-hydrogen) atoms. The Hall–Kier alpha value is -5.15. The second-order valence-electron chi connectivity index (χ2n) is 11.0. The molecule has 0 aromatic heterocycles. The van der Waals surface area contributed by atoms with Gasteiger partial charge in [0.25, 0.3) is 0 Å². The molecule has 9 nitrogen and oxygen atoms in total. The van der Waals surface area contributed by atoms with Gasteiger partial charge in [-0.05, 0) is 46.0 Å². The minimum absolute atomic E-state index is 0.0120. The molecule has 0 saturated heterocycles. The topological polar surface area (TPSA) is 102 Å². The van der Waals surface area contributed by atoms with Crippen molar-refractivity contribution in [1.29, 1.82) is 0 Å². The van der Waals surface area contributed by atoms with Crippen LogP contribution in [-0.4, -0.2) is 52.7 Å². The molecule has 9 heteroatoms.